The van der Waals surface area contributed by atoms with Crippen LogP contribution in [-0.4, -0.2) is 25.9 Å². The summed E-state index contributed by atoms with van der Waals surface area (Å²) in [4.78, 5) is 13.6. The van der Waals surface area contributed by atoms with Gasteiger partial charge >= 0.3 is 0 Å². The first kappa shape index (κ1) is 15.8. The van der Waals surface area contributed by atoms with Crippen LogP contribution in [0, 0.1) is 0 Å². The number of anilines is 2. The van der Waals surface area contributed by atoms with E-state index in [1.807, 2.05) is 20.2 Å². The highest BCUT2D eigenvalue weighted by molar-refractivity contribution is 6.29. The Hall–Kier alpha value is -1.22. The molecule has 4 heteroatoms. The lowest BCUT2D eigenvalue weighted by Gasteiger charge is -2.22. The number of carbonyl (C=O) groups excluding carboxylic acids is 1. The number of alkyl halides is 1. The molecule has 0 aliphatic carbocycles. The lowest BCUT2D eigenvalue weighted by atomic mass is 9.96. The summed E-state index contributed by atoms with van der Waals surface area (Å²) in [5, 5.41) is 2.89. The van der Waals surface area contributed by atoms with Crippen LogP contribution in [0.1, 0.15) is 37.8 Å². The summed E-state index contributed by atoms with van der Waals surface area (Å²) in [6.07, 6.45) is 0.969. The summed E-state index contributed by atoms with van der Waals surface area (Å²) < 4.78 is 0. The third-order valence-electron chi connectivity index (χ3n) is 3.13. The first-order chi connectivity index (χ1) is 8.90. The molecule has 19 heavy (non-hydrogen) atoms. The van der Waals surface area contributed by atoms with Crippen molar-refractivity contribution in [2.24, 2.45) is 0 Å². The zero-order chi connectivity index (χ0) is 14.6. The normalized spacial score (nSPS) is 10.7. The molecule has 0 aliphatic heterocycles. The molecule has 0 saturated heterocycles. The molecule has 1 aromatic carbocycles. The Bertz CT molecular complexity index is 456. The van der Waals surface area contributed by atoms with Crippen molar-refractivity contribution in [3.05, 3.63) is 23.3 Å². The lowest BCUT2D eigenvalue weighted by molar-refractivity contribution is -0.113. The van der Waals surface area contributed by atoms with Gasteiger partial charge in [0.15, 0.2) is 0 Å². The van der Waals surface area contributed by atoms with Crippen molar-refractivity contribution < 1.29 is 4.79 Å². The number of aryl methyl sites for hydroxylation is 1. The number of rotatable bonds is 5. The van der Waals surface area contributed by atoms with Gasteiger partial charge in [0.25, 0.3) is 0 Å². The highest BCUT2D eigenvalue weighted by Gasteiger charge is 2.14. The van der Waals surface area contributed by atoms with Crippen LogP contribution in [-0.2, 0) is 11.2 Å². The molecule has 0 heterocycles. The highest BCUT2D eigenvalue weighted by Crippen LogP contribution is 2.32. The standard InChI is InChI=1S/C15H23ClN2O/c1-6-11-7-12(10(2)3)13(17-15(19)9-16)8-14(11)18(4)5/h7-8,10H,6,9H2,1-5H3,(H,17,19). The van der Waals surface area contributed by atoms with Gasteiger partial charge < -0.3 is 10.2 Å². The third-order valence-corrected chi connectivity index (χ3v) is 3.37. The van der Waals surface area contributed by atoms with Gasteiger partial charge in [-0.25, -0.2) is 0 Å². The van der Waals surface area contributed by atoms with Crippen molar-refractivity contribution >= 4 is 28.9 Å². The molecule has 0 atom stereocenters. The number of nitrogens with zero attached hydrogens (tertiary/aromatic N) is 1. The fraction of sp³-hybridized carbons (Fsp3) is 0.533. The summed E-state index contributed by atoms with van der Waals surface area (Å²) in [5.74, 6) is 0.161. The monoisotopic (exact) mass is 282 g/mol. The quantitative estimate of drug-likeness (QED) is 0.837. The molecule has 0 spiro atoms. The van der Waals surface area contributed by atoms with Crippen LogP contribution in [0.5, 0.6) is 0 Å². The lowest BCUT2D eigenvalue weighted by Crippen LogP contribution is -2.17. The van der Waals surface area contributed by atoms with E-state index < -0.39 is 0 Å². The zero-order valence-corrected chi connectivity index (χ0v) is 13.1. The Morgan fingerprint density at radius 1 is 1.37 bits per heavy atom. The number of amides is 1. The average molecular weight is 283 g/mol. The average Bonchev–Trinajstić information content (AvgIpc) is 2.37. The number of benzene rings is 1. The predicted octanol–water partition coefficient (Wildman–Crippen LogP) is 3.62. The maximum atomic E-state index is 11.5. The van der Waals surface area contributed by atoms with Gasteiger partial charge in [-0.15, -0.1) is 11.6 Å². The van der Waals surface area contributed by atoms with Crippen LogP contribution in [0.15, 0.2) is 12.1 Å². The molecule has 0 saturated carbocycles. The second-order valence-electron chi connectivity index (χ2n) is 5.15. The maximum absolute atomic E-state index is 11.5. The molecular weight excluding hydrogens is 260 g/mol. The second kappa shape index (κ2) is 6.80. The molecule has 1 N–H and O–H groups in total. The van der Waals surface area contributed by atoms with Gasteiger partial charge in [0.2, 0.25) is 5.91 Å². The summed E-state index contributed by atoms with van der Waals surface area (Å²) in [5.41, 5.74) is 4.44. The van der Waals surface area contributed by atoms with E-state index in [0.717, 1.165) is 23.4 Å². The van der Waals surface area contributed by atoms with Gasteiger partial charge in [-0.1, -0.05) is 26.8 Å². The van der Waals surface area contributed by atoms with Crippen LogP contribution in [0.25, 0.3) is 0 Å². The Morgan fingerprint density at radius 2 is 2.00 bits per heavy atom. The maximum Gasteiger partial charge on any atom is 0.239 e. The number of hydrogen-bond donors (Lipinski definition) is 1. The van der Waals surface area contributed by atoms with Crippen molar-refractivity contribution in [1.29, 1.82) is 0 Å². The van der Waals surface area contributed by atoms with Crippen LogP contribution < -0.4 is 10.2 Å². The molecule has 0 unspecified atom stereocenters. The van der Waals surface area contributed by atoms with Crippen LogP contribution in [0.3, 0.4) is 0 Å². The van der Waals surface area contributed by atoms with Crippen molar-refractivity contribution in [3.63, 3.8) is 0 Å². The number of carbonyl (C=O) groups is 1. The second-order valence-corrected chi connectivity index (χ2v) is 5.42. The Kier molecular flexibility index (Phi) is 5.67. The molecule has 1 aromatic rings. The van der Waals surface area contributed by atoms with E-state index in [4.69, 9.17) is 11.6 Å². The number of halogens is 1. The molecule has 1 rings (SSSR count). The topological polar surface area (TPSA) is 32.3 Å². The smallest absolute Gasteiger partial charge is 0.239 e. The van der Waals surface area contributed by atoms with Crippen molar-refractivity contribution in [2.45, 2.75) is 33.1 Å². The van der Waals surface area contributed by atoms with E-state index in [1.54, 1.807) is 0 Å². The van der Waals surface area contributed by atoms with Gasteiger partial charge in [0.05, 0.1) is 0 Å². The minimum absolute atomic E-state index is 0.0235. The van der Waals surface area contributed by atoms with Crippen LogP contribution >= 0.6 is 11.6 Å². The van der Waals surface area contributed by atoms with E-state index in [0.29, 0.717) is 5.92 Å². The van der Waals surface area contributed by atoms with E-state index in [-0.39, 0.29) is 11.8 Å². The molecule has 0 bridgehead atoms. The fourth-order valence-corrected chi connectivity index (χ4v) is 2.19. The van der Waals surface area contributed by atoms with Crippen LogP contribution in [0.2, 0.25) is 0 Å². The predicted molar refractivity (Wildman–Crippen MR) is 83.6 cm³/mol. The molecule has 0 radical (unpaired) electrons. The molecule has 0 aliphatic rings. The minimum Gasteiger partial charge on any atom is -0.377 e. The van der Waals surface area contributed by atoms with Crippen molar-refractivity contribution in [1.82, 2.24) is 0 Å². The van der Waals surface area contributed by atoms with Gasteiger partial charge in [-0.05, 0) is 29.5 Å². The first-order valence-corrected chi connectivity index (χ1v) is 7.14. The first-order valence-electron chi connectivity index (χ1n) is 6.60. The van der Waals surface area contributed by atoms with E-state index >= 15 is 0 Å². The van der Waals surface area contributed by atoms with E-state index in [1.165, 1.54) is 5.56 Å². The third kappa shape index (κ3) is 3.87. The zero-order valence-electron chi connectivity index (χ0n) is 12.4. The number of nitrogens with one attached hydrogen (secondary N) is 1. The summed E-state index contributed by atoms with van der Waals surface area (Å²) >= 11 is 5.57. The van der Waals surface area contributed by atoms with Gasteiger partial charge in [0.1, 0.15) is 5.88 Å². The largest absolute Gasteiger partial charge is 0.377 e. The Balaban J connectivity index is 3.32. The highest BCUT2D eigenvalue weighted by atomic mass is 35.5. The molecule has 3 nitrogen and oxygen atoms in total. The van der Waals surface area contributed by atoms with Gasteiger partial charge in [-0.2, -0.15) is 0 Å². The molecular formula is C15H23ClN2O. The summed E-state index contributed by atoms with van der Waals surface area (Å²) in [6, 6.07) is 4.22. The van der Waals surface area contributed by atoms with Crippen molar-refractivity contribution in [3.8, 4) is 0 Å². The molecule has 0 fully saturated rings. The van der Waals surface area contributed by atoms with Crippen LogP contribution in [0.4, 0.5) is 11.4 Å². The molecule has 1 amide bonds. The molecule has 0 aromatic heterocycles. The summed E-state index contributed by atoms with van der Waals surface area (Å²) in [6.45, 7) is 6.39. The van der Waals surface area contributed by atoms with Gasteiger partial charge in [0, 0.05) is 25.5 Å². The molecule has 106 valence electrons. The van der Waals surface area contributed by atoms with Gasteiger partial charge in [-0.3, -0.25) is 4.79 Å². The summed E-state index contributed by atoms with van der Waals surface area (Å²) in [7, 11) is 4.02. The fourth-order valence-electron chi connectivity index (χ4n) is 2.12. The number of hydrogen-bond acceptors (Lipinski definition) is 2. The Morgan fingerprint density at radius 3 is 2.42 bits per heavy atom. The van der Waals surface area contributed by atoms with Crippen molar-refractivity contribution in [2.75, 3.05) is 30.2 Å². The SMILES string of the molecule is CCc1cc(C(C)C)c(NC(=O)CCl)cc1N(C)C. The van der Waals surface area contributed by atoms with E-state index in [9.17, 15) is 4.79 Å². The Labute approximate surface area is 120 Å². The van der Waals surface area contributed by atoms with E-state index in [2.05, 4.69) is 37.1 Å². The minimum atomic E-state index is -0.169.